The Morgan fingerprint density at radius 1 is 1.50 bits per heavy atom. The highest BCUT2D eigenvalue weighted by atomic mass is 32.1. The quantitative estimate of drug-likeness (QED) is 0.444. The van der Waals surface area contributed by atoms with Crippen LogP contribution in [0.5, 0.6) is 0 Å². The SMILES string of the molecule is CCNC(=NCCOC)NCCc1ncc(C)s1. The number of hydrogen-bond donors (Lipinski definition) is 2. The fraction of sp³-hybridized carbons (Fsp3) is 0.667. The molecule has 0 radical (unpaired) electrons. The highest BCUT2D eigenvalue weighted by molar-refractivity contribution is 7.11. The van der Waals surface area contributed by atoms with Gasteiger partial charge < -0.3 is 15.4 Å². The van der Waals surface area contributed by atoms with Gasteiger partial charge in [0.15, 0.2) is 5.96 Å². The summed E-state index contributed by atoms with van der Waals surface area (Å²) in [5.41, 5.74) is 0. The third kappa shape index (κ3) is 5.97. The number of thiazole rings is 1. The van der Waals surface area contributed by atoms with Crippen LogP contribution in [0.15, 0.2) is 11.2 Å². The van der Waals surface area contributed by atoms with E-state index in [0.717, 1.165) is 30.5 Å². The van der Waals surface area contributed by atoms with Crippen molar-refractivity contribution >= 4 is 17.3 Å². The number of aliphatic imine (C=N–C) groups is 1. The van der Waals surface area contributed by atoms with Crippen molar-refractivity contribution in [3.8, 4) is 0 Å². The van der Waals surface area contributed by atoms with Gasteiger partial charge in [-0.2, -0.15) is 0 Å². The van der Waals surface area contributed by atoms with E-state index in [1.165, 1.54) is 4.88 Å². The lowest BCUT2D eigenvalue weighted by atomic mass is 10.4. The number of nitrogens with one attached hydrogen (secondary N) is 2. The highest BCUT2D eigenvalue weighted by Gasteiger charge is 2.00. The molecule has 0 aliphatic heterocycles. The fourth-order valence-electron chi connectivity index (χ4n) is 1.40. The van der Waals surface area contributed by atoms with Crippen LogP contribution in [0.1, 0.15) is 16.8 Å². The summed E-state index contributed by atoms with van der Waals surface area (Å²) < 4.78 is 4.98. The van der Waals surface area contributed by atoms with Gasteiger partial charge in [0.05, 0.1) is 18.2 Å². The van der Waals surface area contributed by atoms with Crippen LogP contribution in [0.3, 0.4) is 0 Å². The van der Waals surface area contributed by atoms with Crippen LogP contribution in [-0.2, 0) is 11.2 Å². The average Bonchev–Trinajstić information content (AvgIpc) is 2.75. The number of ether oxygens (including phenoxy) is 1. The van der Waals surface area contributed by atoms with E-state index in [1.807, 2.05) is 6.20 Å². The second kappa shape index (κ2) is 8.88. The fourth-order valence-corrected chi connectivity index (χ4v) is 2.18. The van der Waals surface area contributed by atoms with E-state index in [2.05, 4.69) is 34.5 Å². The summed E-state index contributed by atoms with van der Waals surface area (Å²) in [5, 5.41) is 7.65. The van der Waals surface area contributed by atoms with Crippen LogP contribution < -0.4 is 10.6 Å². The van der Waals surface area contributed by atoms with Crippen molar-refractivity contribution in [1.29, 1.82) is 0 Å². The normalized spacial score (nSPS) is 11.6. The molecule has 1 aromatic rings. The first-order valence-electron chi connectivity index (χ1n) is 6.18. The Bertz CT molecular complexity index is 365. The lowest BCUT2D eigenvalue weighted by Gasteiger charge is -2.10. The molecule has 0 aromatic carbocycles. The topological polar surface area (TPSA) is 58.5 Å². The van der Waals surface area contributed by atoms with Gasteiger partial charge >= 0.3 is 0 Å². The van der Waals surface area contributed by atoms with Gasteiger partial charge in [0.1, 0.15) is 0 Å². The summed E-state index contributed by atoms with van der Waals surface area (Å²) in [6.07, 6.45) is 2.84. The lowest BCUT2D eigenvalue weighted by molar-refractivity contribution is 0.208. The first-order chi connectivity index (χ1) is 8.76. The van der Waals surface area contributed by atoms with E-state index < -0.39 is 0 Å². The molecule has 102 valence electrons. The molecule has 0 unspecified atom stereocenters. The van der Waals surface area contributed by atoms with Crippen molar-refractivity contribution in [2.45, 2.75) is 20.3 Å². The second-order valence-electron chi connectivity index (χ2n) is 3.79. The van der Waals surface area contributed by atoms with Crippen LogP contribution >= 0.6 is 11.3 Å². The number of aromatic nitrogens is 1. The van der Waals surface area contributed by atoms with Crippen molar-refractivity contribution in [3.05, 3.63) is 16.1 Å². The predicted octanol–water partition coefficient (Wildman–Crippen LogP) is 1.20. The zero-order valence-electron chi connectivity index (χ0n) is 11.3. The minimum absolute atomic E-state index is 0.641. The summed E-state index contributed by atoms with van der Waals surface area (Å²) in [5.74, 6) is 0.836. The molecule has 0 fully saturated rings. The molecule has 1 aromatic heterocycles. The van der Waals surface area contributed by atoms with Crippen molar-refractivity contribution in [3.63, 3.8) is 0 Å². The summed E-state index contributed by atoms with van der Waals surface area (Å²) in [7, 11) is 1.68. The summed E-state index contributed by atoms with van der Waals surface area (Å²) >= 11 is 1.74. The molecule has 6 heteroatoms. The highest BCUT2D eigenvalue weighted by Crippen LogP contribution is 2.10. The molecule has 0 saturated heterocycles. The zero-order valence-corrected chi connectivity index (χ0v) is 12.1. The van der Waals surface area contributed by atoms with Crippen LogP contribution in [0.2, 0.25) is 0 Å². The molecule has 0 aliphatic rings. The Kier molecular flexibility index (Phi) is 7.36. The number of nitrogens with zero attached hydrogens (tertiary/aromatic N) is 2. The van der Waals surface area contributed by atoms with Gasteiger partial charge in [-0.15, -0.1) is 11.3 Å². The van der Waals surface area contributed by atoms with E-state index in [0.29, 0.717) is 13.2 Å². The molecule has 0 aliphatic carbocycles. The van der Waals surface area contributed by atoms with E-state index in [9.17, 15) is 0 Å². The molecule has 0 bridgehead atoms. The minimum Gasteiger partial charge on any atom is -0.383 e. The first-order valence-corrected chi connectivity index (χ1v) is 7.00. The lowest BCUT2D eigenvalue weighted by Crippen LogP contribution is -2.38. The van der Waals surface area contributed by atoms with Crippen molar-refractivity contribution in [2.24, 2.45) is 4.99 Å². The average molecular weight is 270 g/mol. The molecule has 0 atom stereocenters. The number of methoxy groups -OCH3 is 1. The van der Waals surface area contributed by atoms with E-state index in [4.69, 9.17) is 4.74 Å². The van der Waals surface area contributed by atoms with Crippen LogP contribution in [-0.4, -0.2) is 44.3 Å². The number of rotatable bonds is 7. The van der Waals surface area contributed by atoms with Gasteiger partial charge in [0, 0.05) is 37.7 Å². The monoisotopic (exact) mass is 270 g/mol. The smallest absolute Gasteiger partial charge is 0.191 e. The molecule has 1 rings (SSSR count). The molecule has 0 saturated carbocycles. The van der Waals surface area contributed by atoms with Gasteiger partial charge in [-0.3, -0.25) is 4.99 Å². The van der Waals surface area contributed by atoms with Crippen LogP contribution in [0, 0.1) is 6.92 Å². The summed E-state index contributed by atoms with van der Waals surface area (Å²) in [6, 6.07) is 0. The van der Waals surface area contributed by atoms with Crippen molar-refractivity contribution < 1.29 is 4.74 Å². The Balaban J connectivity index is 2.30. The van der Waals surface area contributed by atoms with E-state index >= 15 is 0 Å². The molecule has 18 heavy (non-hydrogen) atoms. The maximum atomic E-state index is 4.98. The molecular weight excluding hydrogens is 248 g/mol. The molecule has 5 nitrogen and oxygen atoms in total. The second-order valence-corrected chi connectivity index (χ2v) is 5.11. The Labute approximate surface area is 113 Å². The van der Waals surface area contributed by atoms with Gasteiger partial charge in [0.2, 0.25) is 0 Å². The Hall–Kier alpha value is -1.14. The Morgan fingerprint density at radius 2 is 2.33 bits per heavy atom. The van der Waals surface area contributed by atoms with Crippen LogP contribution in [0.25, 0.3) is 0 Å². The van der Waals surface area contributed by atoms with Crippen molar-refractivity contribution in [2.75, 3.05) is 33.4 Å². The standard InChI is InChI=1S/C12H22N4OS/c1-4-13-12(15-7-8-17-3)14-6-5-11-16-9-10(2)18-11/h9H,4-8H2,1-3H3,(H2,13,14,15). The van der Waals surface area contributed by atoms with Gasteiger partial charge in [-0.1, -0.05) is 0 Å². The zero-order chi connectivity index (χ0) is 13.2. The van der Waals surface area contributed by atoms with E-state index in [1.54, 1.807) is 18.4 Å². The number of hydrogen-bond acceptors (Lipinski definition) is 4. The number of guanidine groups is 1. The first kappa shape index (κ1) is 14.9. The van der Waals surface area contributed by atoms with Crippen LogP contribution in [0.4, 0.5) is 0 Å². The maximum Gasteiger partial charge on any atom is 0.191 e. The predicted molar refractivity (Wildman–Crippen MR) is 76.4 cm³/mol. The molecular formula is C12H22N4OS. The van der Waals surface area contributed by atoms with E-state index in [-0.39, 0.29) is 0 Å². The molecule has 1 heterocycles. The molecule has 0 amide bonds. The van der Waals surface area contributed by atoms with Gasteiger partial charge in [-0.25, -0.2) is 4.98 Å². The summed E-state index contributed by atoms with van der Waals surface area (Å²) in [6.45, 7) is 7.13. The molecule has 2 N–H and O–H groups in total. The third-order valence-corrected chi connectivity index (χ3v) is 3.18. The third-order valence-electron chi connectivity index (χ3n) is 2.21. The van der Waals surface area contributed by atoms with Crippen molar-refractivity contribution in [1.82, 2.24) is 15.6 Å². The van der Waals surface area contributed by atoms with Gasteiger partial charge in [0.25, 0.3) is 0 Å². The number of aryl methyl sites for hydroxylation is 1. The Morgan fingerprint density at radius 3 is 2.94 bits per heavy atom. The minimum atomic E-state index is 0.641. The maximum absolute atomic E-state index is 4.98. The largest absolute Gasteiger partial charge is 0.383 e. The molecule has 0 spiro atoms. The van der Waals surface area contributed by atoms with Gasteiger partial charge in [-0.05, 0) is 13.8 Å². The summed E-state index contributed by atoms with van der Waals surface area (Å²) in [4.78, 5) is 9.98.